The highest BCUT2D eigenvalue weighted by atomic mass is 32.2. The Bertz CT molecular complexity index is 1290. The lowest BCUT2D eigenvalue weighted by Gasteiger charge is -2.06. The van der Waals surface area contributed by atoms with E-state index in [0.717, 1.165) is 39.0 Å². The minimum absolute atomic E-state index is 0.116. The predicted octanol–water partition coefficient (Wildman–Crippen LogP) is 4.76. The molecule has 7 heteroatoms. The van der Waals surface area contributed by atoms with Crippen molar-refractivity contribution in [3.05, 3.63) is 90.0 Å². The van der Waals surface area contributed by atoms with Gasteiger partial charge in [0.05, 0.1) is 11.0 Å². The molecular weight excluding hydrogens is 382 g/mol. The summed E-state index contributed by atoms with van der Waals surface area (Å²) in [5.74, 6) is 1.36. The van der Waals surface area contributed by atoms with Crippen LogP contribution in [0, 0.1) is 0 Å². The first-order valence-corrected chi connectivity index (χ1v) is 10.2. The highest BCUT2D eigenvalue weighted by Crippen LogP contribution is 2.25. The molecule has 0 saturated carbocycles. The van der Waals surface area contributed by atoms with Crippen molar-refractivity contribution in [2.75, 3.05) is 5.32 Å². The predicted molar refractivity (Wildman–Crippen MR) is 115 cm³/mol. The zero-order chi connectivity index (χ0) is 19.6. The van der Waals surface area contributed by atoms with E-state index in [9.17, 15) is 4.79 Å². The number of aromatic amines is 1. The summed E-state index contributed by atoms with van der Waals surface area (Å²) in [6.45, 7) is 0. The van der Waals surface area contributed by atoms with Gasteiger partial charge in [-0.1, -0.05) is 54.2 Å². The fourth-order valence-electron chi connectivity index (χ4n) is 3.16. The lowest BCUT2D eigenvalue weighted by atomic mass is 10.1. The number of hydrogen-bond acceptors (Lipinski definition) is 4. The van der Waals surface area contributed by atoms with Crippen LogP contribution in [0.1, 0.15) is 15.9 Å². The third kappa shape index (κ3) is 3.48. The Hall–Kier alpha value is -3.58. The molecule has 5 aromatic rings. The minimum Gasteiger partial charge on any atom is -0.322 e. The Morgan fingerprint density at radius 3 is 2.55 bits per heavy atom. The van der Waals surface area contributed by atoms with Crippen LogP contribution >= 0.6 is 11.8 Å². The number of hydrogen-bond donors (Lipinski definition) is 2. The Balaban J connectivity index is 1.29. The number of nitrogens with zero attached hydrogens (tertiary/aromatic N) is 3. The average molecular weight is 399 g/mol. The van der Waals surface area contributed by atoms with Gasteiger partial charge in [-0.05, 0) is 42.0 Å². The first-order chi connectivity index (χ1) is 14.3. The normalized spacial score (nSPS) is 11.2. The van der Waals surface area contributed by atoms with E-state index >= 15 is 0 Å². The van der Waals surface area contributed by atoms with Crippen molar-refractivity contribution in [3.63, 3.8) is 0 Å². The van der Waals surface area contributed by atoms with Gasteiger partial charge < -0.3 is 5.32 Å². The van der Waals surface area contributed by atoms with Crippen molar-refractivity contribution in [2.45, 2.75) is 10.9 Å². The number of thioether (sulfide) groups is 1. The molecule has 2 N–H and O–H groups in total. The van der Waals surface area contributed by atoms with Crippen LogP contribution in [0.2, 0.25) is 0 Å². The fourth-order valence-corrected chi connectivity index (χ4v) is 4.08. The zero-order valence-corrected chi connectivity index (χ0v) is 16.2. The molecule has 142 valence electrons. The van der Waals surface area contributed by atoms with Crippen LogP contribution in [0.4, 0.5) is 5.69 Å². The summed E-state index contributed by atoms with van der Waals surface area (Å²) >= 11 is 1.63. The summed E-state index contributed by atoms with van der Waals surface area (Å²) in [4.78, 5) is 16.9. The van der Waals surface area contributed by atoms with Crippen LogP contribution in [0.5, 0.6) is 0 Å². The van der Waals surface area contributed by atoms with Gasteiger partial charge in [0.1, 0.15) is 0 Å². The van der Waals surface area contributed by atoms with Gasteiger partial charge in [-0.3, -0.25) is 9.20 Å². The SMILES string of the molecule is O=C(Nc1ccccc1)c1ccc(CSc2n[nH]c3nc4ccccc4n23)cc1. The summed E-state index contributed by atoms with van der Waals surface area (Å²) in [7, 11) is 0. The Kier molecular flexibility index (Phi) is 4.50. The number of aromatic nitrogens is 4. The number of fused-ring (bicyclic) bond motifs is 3. The number of amides is 1. The molecular formula is C22H17N5OS. The second-order valence-electron chi connectivity index (χ2n) is 6.57. The zero-order valence-electron chi connectivity index (χ0n) is 15.4. The molecule has 0 aliphatic heterocycles. The van der Waals surface area contributed by atoms with E-state index in [4.69, 9.17) is 0 Å². The molecule has 0 atom stereocenters. The van der Waals surface area contributed by atoms with E-state index in [2.05, 4.69) is 20.5 Å². The van der Waals surface area contributed by atoms with Crippen LogP contribution in [0.25, 0.3) is 16.8 Å². The van der Waals surface area contributed by atoms with Crippen molar-refractivity contribution in [1.29, 1.82) is 0 Å². The number of imidazole rings is 1. The number of nitrogens with one attached hydrogen (secondary N) is 2. The quantitative estimate of drug-likeness (QED) is 0.418. The maximum atomic E-state index is 12.4. The van der Waals surface area contributed by atoms with Crippen LogP contribution in [0.15, 0.2) is 84.0 Å². The first-order valence-electron chi connectivity index (χ1n) is 9.18. The van der Waals surface area contributed by atoms with Gasteiger partial charge in [-0.15, -0.1) is 5.10 Å². The van der Waals surface area contributed by atoms with Gasteiger partial charge in [0.15, 0.2) is 5.16 Å². The molecule has 3 aromatic carbocycles. The number of carbonyl (C=O) groups is 1. The first kappa shape index (κ1) is 17.5. The van der Waals surface area contributed by atoms with Crippen molar-refractivity contribution >= 4 is 40.2 Å². The molecule has 0 spiro atoms. The van der Waals surface area contributed by atoms with E-state index in [1.807, 2.05) is 83.3 Å². The summed E-state index contributed by atoms with van der Waals surface area (Å²) in [6.07, 6.45) is 0. The molecule has 6 nitrogen and oxygen atoms in total. The third-order valence-electron chi connectivity index (χ3n) is 4.62. The van der Waals surface area contributed by atoms with Gasteiger partial charge in [0.2, 0.25) is 5.78 Å². The summed E-state index contributed by atoms with van der Waals surface area (Å²) in [6, 6.07) is 25.1. The molecule has 2 heterocycles. The smallest absolute Gasteiger partial charge is 0.255 e. The number of anilines is 1. The molecule has 5 rings (SSSR count). The number of rotatable bonds is 5. The van der Waals surface area contributed by atoms with Gasteiger partial charge in [0.25, 0.3) is 5.91 Å². The molecule has 0 aliphatic rings. The van der Waals surface area contributed by atoms with Crippen molar-refractivity contribution in [3.8, 4) is 0 Å². The third-order valence-corrected chi connectivity index (χ3v) is 5.63. The van der Waals surface area contributed by atoms with E-state index in [1.54, 1.807) is 11.8 Å². The molecule has 0 unspecified atom stereocenters. The van der Waals surface area contributed by atoms with E-state index < -0.39 is 0 Å². The lowest BCUT2D eigenvalue weighted by molar-refractivity contribution is 0.102. The minimum atomic E-state index is -0.116. The molecule has 0 aliphatic carbocycles. The number of H-pyrrole nitrogens is 1. The van der Waals surface area contributed by atoms with E-state index in [1.165, 1.54) is 0 Å². The standard InChI is InChI=1S/C22H17N5OS/c28-20(23-17-6-2-1-3-7-17)16-12-10-15(11-13-16)14-29-22-26-25-21-24-18-8-4-5-9-19(18)27(21)22/h1-13H,14H2,(H,23,28)(H,24,25). The lowest BCUT2D eigenvalue weighted by Crippen LogP contribution is -2.11. The highest BCUT2D eigenvalue weighted by molar-refractivity contribution is 7.98. The molecule has 29 heavy (non-hydrogen) atoms. The van der Waals surface area contributed by atoms with E-state index in [-0.39, 0.29) is 5.91 Å². The monoisotopic (exact) mass is 399 g/mol. The van der Waals surface area contributed by atoms with Gasteiger partial charge in [-0.25, -0.2) is 10.1 Å². The van der Waals surface area contributed by atoms with Gasteiger partial charge in [-0.2, -0.15) is 0 Å². The number of carbonyl (C=O) groups excluding carboxylic acids is 1. The molecule has 0 saturated heterocycles. The molecule has 0 fully saturated rings. The summed E-state index contributed by atoms with van der Waals surface area (Å²) < 4.78 is 2.03. The maximum absolute atomic E-state index is 12.4. The average Bonchev–Trinajstić information content (AvgIpc) is 3.33. The maximum Gasteiger partial charge on any atom is 0.255 e. The van der Waals surface area contributed by atoms with Crippen LogP contribution in [-0.4, -0.2) is 25.5 Å². The second-order valence-corrected chi connectivity index (χ2v) is 7.51. The summed E-state index contributed by atoms with van der Waals surface area (Å²) in [5.41, 5.74) is 4.51. The van der Waals surface area contributed by atoms with Crippen LogP contribution < -0.4 is 5.32 Å². The van der Waals surface area contributed by atoms with Crippen LogP contribution in [0.3, 0.4) is 0 Å². The number of benzene rings is 3. The molecule has 1 amide bonds. The molecule has 2 aromatic heterocycles. The topological polar surface area (TPSA) is 75.1 Å². The molecule has 0 bridgehead atoms. The van der Waals surface area contributed by atoms with Crippen molar-refractivity contribution < 1.29 is 4.79 Å². The van der Waals surface area contributed by atoms with Crippen molar-refractivity contribution in [1.82, 2.24) is 19.6 Å². The summed E-state index contributed by atoms with van der Waals surface area (Å²) in [5, 5.41) is 11.1. The van der Waals surface area contributed by atoms with Crippen LogP contribution in [-0.2, 0) is 5.75 Å². The highest BCUT2D eigenvalue weighted by Gasteiger charge is 2.12. The second kappa shape index (κ2) is 7.44. The largest absolute Gasteiger partial charge is 0.322 e. The van der Waals surface area contributed by atoms with E-state index in [0.29, 0.717) is 5.56 Å². The number of para-hydroxylation sites is 3. The molecule has 0 radical (unpaired) electrons. The Labute approximate surface area is 171 Å². The Morgan fingerprint density at radius 2 is 1.72 bits per heavy atom. The van der Waals surface area contributed by atoms with Gasteiger partial charge >= 0.3 is 0 Å². The Morgan fingerprint density at radius 1 is 0.966 bits per heavy atom. The van der Waals surface area contributed by atoms with Gasteiger partial charge in [0, 0.05) is 17.0 Å². The fraction of sp³-hybridized carbons (Fsp3) is 0.0455. The van der Waals surface area contributed by atoms with Crippen molar-refractivity contribution in [2.24, 2.45) is 0 Å².